The van der Waals surface area contributed by atoms with Crippen LogP contribution in [0.5, 0.6) is 0 Å². The molecule has 0 N–H and O–H groups in total. The van der Waals surface area contributed by atoms with Gasteiger partial charge in [0.2, 0.25) is 5.95 Å². The van der Waals surface area contributed by atoms with Crippen molar-refractivity contribution in [2.45, 2.75) is 12.3 Å². The van der Waals surface area contributed by atoms with Crippen LogP contribution >= 0.6 is 0 Å². The largest absolute Gasteiger partial charge is 0.313 e. The van der Waals surface area contributed by atoms with Gasteiger partial charge in [-0.25, -0.2) is 9.97 Å². The van der Waals surface area contributed by atoms with E-state index in [-0.39, 0.29) is 5.92 Å². The molecule has 0 saturated carbocycles. The summed E-state index contributed by atoms with van der Waals surface area (Å²) in [5.74, 6) is 2.03. The summed E-state index contributed by atoms with van der Waals surface area (Å²) in [6.07, 6.45) is 3.21. The minimum Gasteiger partial charge on any atom is -0.313 e. The van der Waals surface area contributed by atoms with Gasteiger partial charge in [-0.15, -0.1) is 0 Å². The molecule has 3 aromatic heterocycles. The summed E-state index contributed by atoms with van der Waals surface area (Å²) in [5, 5.41) is 1.18. The Morgan fingerprint density at radius 1 is 0.464 bits per heavy atom. The molecule has 0 amide bonds. The van der Waals surface area contributed by atoms with Crippen LogP contribution in [0.4, 0.5) is 11.4 Å². The standard InChI is InChI=1S/C50H34N6/c1-4-15-33(16-5-1)42-23-14-24-43(51-42)34-27-29-36(30-28-34)49-52-48(35-17-6-2-7-18-35)53-50(54-49)56-45-26-13-11-22-39(45)41-31-46-40(32-47(41)56)38-21-10-12-25-44(38)55(46)37-19-8-3-9-20-37/h1-31,40H,32H2. The van der Waals surface area contributed by atoms with Gasteiger partial charge in [-0.2, -0.15) is 9.97 Å². The topological polar surface area (TPSA) is 59.7 Å². The Hall–Kier alpha value is -7.44. The van der Waals surface area contributed by atoms with Crippen molar-refractivity contribution in [1.29, 1.82) is 0 Å². The Labute approximate surface area is 324 Å². The van der Waals surface area contributed by atoms with Crippen molar-refractivity contribution in [3.8, 4) is 51.2 Å². The Balaban J connectivity index is 1.06. The maximum absolute atomic E-state index is 5.27. The highest BCUT2D eigenvalue weighted by Crippen LogP contribution is 2.53. The quantitative estimate of drug-likeness (QED) is 0.171. The highest BCUT2D eigenvalue weighted by molar-refractivity contribution is 5.96. The molecule has 1 aliphatic carbocycles. The third kappa shape index (κ3) is 5.34. The lowest BCUT2D eigenvalue weighted by Gasteiger charge is -2.27. The van der Waals surface area contributed by atoms with Crippen LogP contribution < -0.4 is 4.90 Å². The average Bonchev–Trinajstić information content (AvgIpc) is 3.78. The van der Waals surface area contributed by atoms with Gasteiger partial charge < -0.3 is 4.90 Å². The second kappa shape index (κ2) is 13.1. The molecular formula is C50H34N6. The fraction of sp³-hybridized carbons (Fsp3) is 0.0400. The number of benzene rings is 6. The van der Waals surface area contributed by atoms with E-state index in [1.54, 1.807) is 0 Å². The van der Waals surface area contributed by atoms with E-state index in [1.165, 1.54) is 39.3 Å². The number of para-hydroxylation sites is 3. The van der Waals surface area contributed by atoms with Gasteiger partial charge in [-0.05, 0) is 48.0 Å². The van der Waals surface area contributed by atoms with Crippen LogP contribution in [0, 0.1) is 0 Å². The molecule has 0 fully saturated rings. The zero-order chi connectivity index (χ0) is 37.0. The molecule has 6 nitrogen and oxygen atoms in total. The summed E-state index contributed by atoms with van der Waals surface area (Å²) < 4.78 is 2.27. The molecule has 9 aromatic rings. The van der Waals surface area contributed by atoms with Crippen LogP contribution in [-0.4, -0.2) is 24.5 Å². The predicted octanol–water partition coefficient (Wildman–Crippen LogP) is 11.7. The number of aromatic nitrogens is 5. The summed E-state index contributed by atoms with van der Waals surface area (Å²) in [7, 11) is 0. The van der Waals surface area contributed by atoms with Crippen molar-refractivity contribution < 1.29 is 0 Å². The van der Waals surface area contributed by atoms with Crippen LogP contribution in [0.25, 0.3) is 68.2 Å². The lowest BCUT2D eigenvalue weighted by molar-refractivity contribution is 0.748. The first-order valence-electron chi connectivity index (χ1n) is 19.0. The van der Waals surface area contributed by atoms with Gasteiger partial charge in [0.25, 0.3) is 0 Å². The highest BCUT2D eigenvalue weighted by Gasteiger charge is 2.39. The van der Waals surface area contributed by atoms with Crippen molar-refractivity contribution in [1.82, 2.24) is 24.5 Å². The van der Waals surface area contributed by atoms with Crippen molar-refractivity contribution in [2.75, 3.05) is 4.90 Å². The molecule has 0 bridgehead atoms. The molecule has 0 saturated heterocycles. The zero-order valence-electron chi connectivity index (χ0n) is 30.4. The number of fused-ring (bicyclic) bond motifs is 6. The number of anilines is 2. The highest BCUT2D eigenvalue weighted by atomic mass is 15.2. The molecule has 264 valence electrons. The van der Waals surface area contributed by atoms with Gasteiger partial charge in [0.1, 0.15) is 0 Å². The molecule has 0 radical (unpaired) electrons. The lowest BCUT2D eigenvalue weighted by Crippen LogP contribution is -2.19. The minimum atomic E-state index is 0.179. The third-order valence-corrected chi connectivity index (χ3v) is 11.0. The first-order chi connectivity index (χ1) is 27.8. The monoisotopic (exact) mass is 718 g/mol. The smallest absolute Gasteiger partial charge is 0.238 e. The van der Waals surface area contributed by atoms with Gasteiger partial charge in [0.05, 0.1) is 16.9 Å². The van der Waals surface area contributed by atoms with Gasteiger partial charge in [-0.3, -0.25) is 4.57 Å². The molecule has 11 rings (SSSR count). The second-order valence-electron chi connectivity index (χ2n) is 14.3. The molecule has 1 unspecified atom stereocenters. The van der Waals surface area contributed by atoms with E-state index in [9.17, 15) is 0 Å². The van der Waals surface area contributed by atoms with E-state index in [0.29, 0.717) is 17.6 Å². The van der Waals surface area contributed by atoms with Gasteiger partial charge in [-0.1, -0.05) is 146 Å². The van der Waals surface area contributed by atoms with Crippen LogP contribution in [0.1, 0.15) is 22.7 Å². The molecule has 6 heteroatoms. The fourth-order valence-electron chi connectivity index (χ4n) is 8.40. The maximum Gasteiger partial charge on any atom is 0.238 e. The van der Waals surface area contributed by atoms with E-state index in [2.05, 4.69) is 161 Å². The van der Waals surface area contributed by atoms with Crippen LogP contribution in [0.2, 0.25) is 0 Å². The molecule has 2 aliphatic rings. The summed E-state index contributed by atoms with van der Waals surface area (Å²) >= 11 is 0. The fourth-order valence-corrected chi connectivity index (χ4v) is 8.40. The number of hydrogen-bond acceptors (Lipinski definition) is 5. The molecule has 4 heterocycles. The first-order valence-corrected chi connectivity index (χ1v) is 19.0. The Morgan fingerprint density at radius 2 is 1.04 bits per heavy atom. The average molecular weight is 719 g/mol. The minimum absolute atomic E-state index is 0.179. The summed E-state index contributed by atoms with van der Waals surface area (Å²) in [4.78, 5) is 23.0. The van der Waals surface area contributed by atoms with Gasteiger partial charge >= 0.3 is 0 Å². The number of hydrogen-bond donors (Lipinski definition) is 0. The number of allylic oxidation sites excluding steroid dienone is 1. The SMILES string of the molecule is C1=C2C(Cc3c1c1ccccc1n3-c1nc(-c3ccccc3)nc(-c3ccc(-c4cccc(-c5ccccc5)n4)cc3)n1)c1ccccc1N2c1ccccc1. The molecule has 0 spiro atoms. The molecule has 56 heavy (non-hydrogen) atoms. The number of rotatable bonds is 6. The number of nitrogens with zero attached hydrogens (tertiary/aromatic N) is 6. The first kappa shape index (κ1) is 32.0. The van der Waals surface area contributed by atoms with Crippen LogP contribution in [-0.2, 0) is 6.42 Å². The van der Waals surface area contributed by atoms with E-state index in [4.69, 9.17) is 19.9 Å². The summed E-state index contributed by atoms with van der Waals surface area (Å²) in [6.45, 7) is 0. The third-order valence-electron chi connectivity index (χ3n) is 11.0. The normalized spacial score (nSPS) is 14.2. The lowest BCUT2D eigenvalue weighted by atomic mass is 9.87. The molecule has 1 aliphatic heterocycles. The van der Waals surface area contributed by atoms with Crippen LogP contribution in [0.3, 0.4) is 0 Å². The molecule has 1 atom stereocenters. The zero-order valence-corrected chi connectivity index (χ0v) is 30.4. The van der Waals surface area contributed by atoms with Crippen molar-refractivity contribution in [3.63, 3.8) is 0 Å². The van der Waals surface area contributed by atoms with Gasteiger partial charge in [0.15, 0.2) is 11.6 Å². The number of pyridine rings is 1. The Bertz CT molecular complexity index is 2930. The van der Waals surface area contributed by atoms with Crippen LogP contribution in [0.15, 0.2) is 188 Å². The Morgan fingerprint density at radius 3 is 1.77 bits per heavy atom. The molecular weight excluding hydrogens is 685 g/mol. The van der Waals surface area contributed by atoms with Crippen molar-refractivity contribution in [3.05, 3.63) is 205 Å². The van der Waals surface area contributed by atoms with E-state index in [1.807, 2.05) is 36.4 Å². The van der Waals surface area contributed by atoms with Crippen molar-refractivity contribution >= 4 is 28.4 Å². The van der Waals surface area contributed by atoms with Gasteiger partial charge in [0, 0.05) is 68.3 Å². The van der Waals surface area contributed by atoms with E-state index < -0.39 is 0 Å². The van der Waals surface area contributed by atoms with Crippen molar-refractivity contribution in [2.24, 2.45) is 0 Å². The maximum atomic E-state index is 5.27. The van der Waals surface area contributed by atoms with E-state index >= 15 is 0 Å². The predicted molar refractivity (Wildman–Crippen MR) is 226 cm³/mol. The second-order valence-corrected chi connectivity index (χ2v) is 14.3. The Kier molecular flexibility index (Phi) is 7.52. The van der Waals surface area contributed by atoms with E-state index in [0.717, 1.165) is 45.6 Å². The summed E-state index contributed by atoms with van der Waals surface area (Å²) in [5.41, 5.74) is 14.3. The molecule has 6 aromatic carbocycles. The summed E-state index contributed by atoms with van der Waals surface area (Å²) in [6, 6.07) is 63.2.